The summed E-state index contributed by atoms with van der Waals surface area (Å²) in [6, 6.07) is 8.62. The Labute approximate surface area is 153 Å². The molecule has 0 fully saturated rings. The topological polar surface area (TPSA) is 63.9 Å². The van der Waals surface area contributed by atoms with Crippen molar-refractivity contribution in [3.8, 4) is 0 Å². The Balaban J connectivity index is 1.68. The lowest BCUT2D eigenvalue weighted by molar-refractivity contribution is -0.129. The number of hydrogen-bond donors (Lipinski definition) is 0. The first-order valence-corrected chi connectivity index (χ1v) is 9.61. The van der Waals surface area contributed by atoms with E-state index in [1.807, 2.05) is 32.7 Å². The summed E-state index contributed by atoms with van der Waals surface area (Å²) in [6.07, 6.45) is 3.24. The first-order valence-electron chi connectivity index (χ1n) is 8.63. The number of rotatable bonds is 4. The van der Waals surface area contributed by atoms with Crippen LogP contribution in [0.3, 0.4) is 0 Å². The minimum absolute atomic E-state index is 0.107. The highest BCUT2D eigenvalue weighted by atomic mass is 32.2. The molecule has 1 heterocycles. The number of carbonyl (C=O) groups excluding carboxylic acids is 1. The minimum atomic E-state index is -0.205. The molecular weight excluding hydrogens is 334 g/mol. The average molecular weight is 359 g/mol. The van der Waals surface area contributed by atoms with Gasteiger partial charge in [-0.05, 0) is 61.6 Å². The van der Waals surface area contributed by atoms with E-state index in [1.165, 1.54) is 22.9 Å². The Morgan fingerprint density at radius 3 is 2.88 bits per heavy atom. The normalized spacial score (nSPS) is 17.2. The second-order valence-corrected chi connectivity index (χ2v) is 8.39. The fourth-order valence-corrected chi connectivity index (χ4v) is 4.21. The number of thioether (sulfide) groups is 1. The van der Waals surface area contributed by atoms with E-state index in [0.717, 1.165) is 19.3 Å². The largest absolute Gasteiger partial charge is 0.338 e. The van der Waals surface area contributed by atoms with Gasteiger partial charge in [-0.1, -0.05) is 36.0 Å². The van der Waals surface area contributed by atoms with Crippen molar-refractivity contribution < 1.29 is 4.79 Å². The molecule has 0 bridgehead atoms. The predicted molar refractivity (Wildman–Crippen MR) is 98.4 cm³/mol. The zero-order chi connectivity index (χ0) is 18.0. The molecular formula is C18H25N5OS. The molecule has 0 aliphatic heterocycles. The van der Waals surface area contributed by atoms with Gasteiger partial charge in [0.2, 0.25) is 11.1 Å². The number of aryl methyl sites for hydroxylation is 1. The average Bonchev–Trinajstić information content (AvgIpc) is 3.07. The van der Waals surface area contributed by atoms with E-state index >= 15 is 0 Å². The quantitative estimate of drug-likeness (QED) is 0.785. The van der Waals surface area contributed by atoms with Gasteiger partial charge in [-0.15, -0.1) is 5.10 Å². The van der Waals surface area contributed by atoms with Crippen LogP contribution in [0.5, 0.6) is 0 Å². The molecule has 0 saturated carbocycles. The van der Waals surface area contributed by atoms with Crippen molar-refractivity contribution in [3.63, 3.8) is 0 Å². The third-order valence-corrected chi connectivity index (χ3v) is 5.50. The molecule has 0 N–H and O–H groups in total. The number of amides is 1. The Bertz CT molecular complexity index is 752. The van der Waals surface area contributed by atoms with Crippen LogP contribution in [0.1, 0.15) is 50.8 Å². The second-order valence-electron chi connectivity index (χ2n) is 7.44. The van der Waals surface area contributed by atoms with Crippen molar-refractivity contribution >= 4 is 17.7 Å². The predicted octanol–water partition coefficient (Wildman–Crippen LogP) is 3.06. The fraction of sp³-hybridized carbons (Fsp3) is 0.556. The molecule has 1 aromatic heterocycles. The van der Waals surface area contributed by atoms with Crippen LogP contribution in [0, 0.1) is 0 Å². The molecule has 0 spiro atoms. The lowest BCUT2D eigenvalue weighted by Gasteiger charge is -2.33. The molecule has 0 saturated heterocycles. The number of nitrogens with zero attached hydrogens (tertiary/aromatic N) is 5. The van der Waals surface area contributed by atoms with E-state index in [0.29, 0.717) is 10.9 Å². The van der Waals surface area contributed by atoms with Gasteiger partial charge in [0.1, 0.15) is 0 Å². The molecule has 1 atom stereocenters. The molecule has 2 aromatic rings. The zero-order valence-electron chi connectivity index (χ0n) is 15.3. The third kappa shape index (κ3) is 3.86. The summed E-state index contributed by atoms with van der Waals surface area (Å²) >= 11 is 1.40. The smallest absolute Gasteiger partial charge is 0.233 e. The van der Waals surface area contributed by atoms with Crippen LogP contribution in [-0.2, 0) is 16.8 Å². The second kappa shape index (κ2) is 7.15. The summed E-state index contributed by atoms with van der Waals surface area (Å²) < 4.78 is 1.76. The molecule has 1 aliphatic rings. The van der Waals surface area contributed by atoms with Gasteiger partial charge in [0, 0.05) is 7.05 Å². The first kappa shape index (κ1) is 17.9. The SMILES string of the molecule is CN(C(=O)CSc1nnnn1C(C)(C)C)C1CCCc2ccccc21. The summed E-state index contributed by atoms with van der Waals surface area (Å²) in [7, 11) is 1.91. The standard InChI is InChI=1S/C18H25N5OS/c1-18(2,3)23-17(19-20-21-23)25-12-16(24)22(4)15-11-7-9-13-8-5-6-10-14(13)15/h5-6,8,10,15H,7,9,11-12H2,1-4H3. The lowest BCUT2D eigenvalue weighted by Crippen LogP contribution is -2.34. The van der Waals surface area contributed by atoms with Crippen molar-refractivity contribution in [1.82, 2.24) is 25.1 Å². The van der Waals surface area contributed by atoms with Crippen LogP contribution in [0.15, 0.2) is 29.4 Å². The van der Waals surface area contributed by atoms with E-state index < -0.39 is 0 Å². The van der Waals surface area contributed by atoms with Gasteiger partial charge in [-0.3, -0.25) is 4.79 Å². The third-order valence-electron chi connectivity index (χ3n) is 4.60. The van der Waals surface area contributed by atoms with Crippen LogP contribution in [0.2, 0.25) is 0 Å². The maximum atomic E-state index is 12.7. The molecule has 3 rings (SSSR count). The highest BCUT2D eigenvalue weighted by molar-refractivity contribution is 7.99. The van der Waals surface area contributed by atoms with Crippen LogP contribution >= 0.6 is 11.8 Å². The molecule has 25 heavy (non-hydrogen) atoms. The molecule has 6 nitrogen and oxygen atoms in total. The Morgan fingerprint density at radius 2 is 2.12 bits per heavy atom. The molecule has 134 valence electrons. The Hall–Kier alpha value is -1.89. The van der Waals surface area contributed by atoms with E-state index in [2.05, 4.69) is 39.8 Å². The lowest BCUT2D eigenvalue weighted by atomic mass is 9.87. The van der Waals surface area contributed by atoms with Crippen molar-refractivity contribution in [3.05, 3.63) is 35.4 Å². The minimum Gasteiger partial charge on any atom is -0.338 e. The maximum absolute atomic E-state index is 12.7. The number of benzene rings is 1. The maximum Gasteiger partial charge on any atom is 0.233 e. The molecule has 1 amide bonds. The molecule has 0 radical (unpaired) electrons. The van der Waals surface area contributed by atoms with Crippen molar-refractivity contribution in [1.29, 1.82) is 0 Å². The highest BCUT2D eigenvalue weighted by Gasteiger charge is 2.27. The number of hydrogen-bond acceptors (Lipinski definition) is 5. The van der Waals surface area contributed by atoms with Crippen molar-refractivity contribution in [2.45, 2.75) is 56.8 Å². The van der Waals surface area contributed by atoms with Crippen LogP contribution in [-0.4, -0.2) is 43.8 Å². The fourth-order valence-electron chi connectivity index (χ4n) is 3.22. The van der Waals surface area contributed by atoms with Crippen molar-refractivity contribution in [2.75, 3.05) is 12.8 Å². The van der Waals surface area contributed by atoms with Gasteiger partial charge >= 0.3 is 0 Å². The van der Waals surface area contributed by atoms with E-state index in [1.54, 1.807) is 4.68 Å². The summed E-state index contributed by atoms with van der Waals surface area (Å²) in [4.78, 5) is 14.6. The van der Waals surface area contributed by atoms with Gasteiger partial charge < -0.3 is 4.90 Å². The van der Waals surface area contributed by atoms with Gasteiger partial charge in [-0.2, -0.15) is 0 Å². The summed E-state index contributed by atoms with van der Waals surface area (Å²) in [6.45, 7) is 6.13. The Kier molecular flexibility index (Phi) is 5.13. The number of carbonyl (C=O) groups is 1. The highest BCUT2D eigenvalue weighted by Crippen LogP contribution is 2.34. The summed E-state index contributed by atoms with van der Waals surface area (Å²) in [5, 5.41) is 12.5. The molecule has 1 aliphatic carbocycles. The number of fused-ring (bicyclic) bond motifs is 1. The number of tetrazole rings is 1. The Morgan fingerprint density at radius 1 is 1.36 bits per heavy atom. The summed E-state index contributed by atoms with van der Waals surface area (Å²) in [5.74, 6) is 0.446. The van der Waals surface area contributed by atoms with E-state index in [9.17, 15) is 4.79 Å². The van der Waals surface area contributed by atoms with Crippen LogP contribution in [0.25, 0.3) is 0 Å². The van der Waals surface area contributed by atoms with Gasteiger partial charge in [-0.25, -0.2) is 4.68 Å². The van der Waals surface area contributed by atoms with Gasteiger partial charge in [0.15, 0.2) is 0 Å². The molecule has 1 aromatic carbocycles. The van der Waals surface area contributed by atoms with E-state index in [-0.39, 0.29) is 17.5 Å². The van der Waals surface area contributed by atoms with Crippen molar-refractivity contribution in [2.24, 2.45) is 0 Å². The number of aromatic nitrogens is 4. The van der Waals surface area contributed by atoms with Gasteiger partial charge in [0.05, 0.1) is 17.3 Å². The first-order chi connectivity index (χ1) is 11.9. The zero-order valence-corrected chi connectivity index (χ0v) is 16.1. The monoisotopic (exact) mass is 359 g/mol. The van der Waals surface area contributed by atoms with Gasteiger partial charge in [0.25, 0.3) is 0 Å². The van der Waals surface area contributed by atoms with Crippen LogP contribution < -0.4 is 0 Å². The molecule has 1 unspecified atom stereocenters. The van der Waals surface area contributed by atoms with E-state index in [4.69, 9.17) is 0 Å². The summed E-state index contributed by atoms with van der Waals surface area (Å²) in [5.41, 5.74) is 2.44. The molecule has 7 heteroatoms. The van der Waals surface area contributed by atoms with Crippen LogP contribution in [0.4, 0.5) is 0 Å².